The van der Waals surface area contributed by atoms with Crippen molar-refractivity contribution >= 4 is 33.4 Å². The minimum Gasteiger partial charge on any atom is -0.495 e. The van der Waals surface area contributed by atoms with Crippen LogP contribution >= 0.6 is 11.6 Å². The topological polar surface area (TPSA) is 22.1 Å². The van der Waals surface area contributed by atoms with Crippen LogP contribution in [-0.2, 0) is 0 Å². The summed E-state index contributed by atoms with van der Waals surface area (Å²) in [5.41, 5.74) is 4.04. The first-order valence-electron chi connectivity index (χ1n) is 7.40. The molecule has 1 aromatic heterocycles. The van der Waals surface area contributed by atoms with Gasteiger partial charge in [0.05, 0.1) is 23.2 Å². The second kappa shape index (κ2) is 5.56. The van der Waals surface area contributed by atoms with Crippen LogP contribution in [-0.4, -0.2) is 12.1 Å². The maximum absolute atomic E-state index is 6.63. The van der Waals surface area contributed by atoms with Gasteiger partial charge in [0.15, 0.2) is 0 Å². The van der Waals surface area contributed by atoms with Gasteiger partial charge in [0.25, 0.3) is 0 Å². The second-order valence-electron chi connectivity index (χ2n) is 5.35. The third-order valence-electron chi connectivity index (χ3n) is 4.03. The Balaban J connectivity index is 2.25. The number of ether oxygens (including phenoxy) is 1. The molecule has 0 aliphatic carbocycles. The summed E-state index contributed by atoms with van der Waals surface area (Å²) in [5, 5.41) is 2.61. The van der Waals surface area contributed by atoms with Gasteiger partial charge in [-0.2, -0.15) is 0 Å². The van der Waals surface area contributed by atoms with E-state index in [0.29, 0.717) is 10.8 Å². The molecule has 0 aliphatic rings. The maximum atomic E-state index is 6.63. The van der Waals surface area contributed by atoms with Crippen LogP contribution in [0.1, 0.15) is 0 Å². The summed E-state index contributed by atoms with van der Waals surface area (Å²) in [6.45, 7) is 0. The van der Waals surface area contributed by atoms with Crippen LogP contribution in [0, 0.1) is 0 Å². The Bertz CT molecular complexity index is 1010. The van der Waals surface area contributed by atoms with Crippen LogP contribution < -0.4 is 4.74 Å². The van der Waals surface area contributed by atoms with Crippen LogP contribution in [0.2, 0.25) is 5.02 Å². The highest BCUT2D eigenvalue weighted by Gasteiger charge is 2.16. The van der Waals surface area contributed by atoms with Gasteiger partial charge in [0.2, 0.25) is 0 Å². The van der Waals surface area contributed by atoms with E-state index in [1.165, 1.54) is 0 Å². The van der Waals surface area contributed by atoms with Gasteiger partial charge in [-0.05, 0) is 23.8 Å². The van der Waals surface area contributed by atoms with E-state index in [0.717, 1.165) is 32.9 Å². The molecule has 0 spiro atoms. The highest BCUT2D eigenvalue weighted by atomic mass is 35.5. The molecule has 0 N–H and O–H groups in total. The summed E-state index contributed by atoms with van der Waals surface area (Å²) < 4.78 is 5.40. The number of aromatic nitrogens is 1. The van der Waals surface area contributed by atoms with Gasteiger partial charge in [0, 0.05) is 16.3 Å². The first-order valence-corrected chi connectivity index (χ1v) is 7.78. The molecule has 0 saturated carbocycles. The number of methoxy groups -OCH3 is 1. The standard InChI is InChI=1S/C20H14ClNO/c1-23-17-12-11-16-19(20(17)21)18(13-7-3-2-4-8-13)14-9-5-6-10-15(14)22-16/h2-12H,1H3. The van der Waals surface area contributed by atoms with Crippen LogP contribution in [0.15, 0.2) is 66.7 Å². The van der Waals surface area contributed by atoms with E-state index in [9.17, 15) is 0 Å². The molecular formula is C20H14ClNO. The summed E-state index contributed by atoms with van der Waals surface area (Å²) in [7, 11) is 1.63. The van der Waals surface area contributed by atoms with Gasteiger partial charge < -0.3 is 4.74 Å². The Labute approximate surface area is 139 Å². The number of fused-ring (bicyclic) bond motifs is 2. The van der Waals surface area contributed by atoms with E-state index in [-0.39, 0.29) is 0 Å². The van der Waals surface area contributed by atoms with Crippen molar-refractivity contribution in [3.63, 3.8) is 0 Å². The van der Waals surface area contributed by atoms with Gasteiger partial charge in [-0.25, -0.2) is 4.98 Å². The minimum absolute atomic E-state index is 0.599. The fraction of sp³-hybridized carbons (Fsp3) is 0.0500. The third kappa shape index (κ3) is 2.23. The molecule has 0 bridgehead atoms. The molecule has 0 unspecified atom stereocenters. The minimum atomic E-state index is 0.599. The normalized spacial score (nSPS) is 11.0. The largest absolute Gasteiger partial charge is 0.495 e. The molecular weight excluding hydrogens is 306 g/mol. The molecule has 0 fully saturated rings. The Hall–Kier alpha value is -2.58. The predicted molar refractivity (Wildman–Crippen MR) is 96.2 cm³/mol. The Morgan fingerprint density at radius 3 is 2.35 bits per heavy atom. The zero-order chi connectivity index (χ0) is 15.8. The zero-order valence-corrected chi connectivity index (χ0v) is 13.3. The number of hydrogen-bond acceptors (Lipinski definition) is 2. The van der Waals surface area contributed by atoms with Crippen LogP contribution in [0.4, 0.5) is 0 Å². The number of para-hydroxylation sites is 1. The number of halogens is 1. The number of nitrogens with zero attached hydrogens (tertiary/aromatic N) is 1. The number of pyridine rings is 1. The molecule has 0 radical (unpaired) electrons. The lowest BCUT2D eigenvalue weighted by Crippen LogP contribution is -1.92. The number of hydrogen-bond donors (Lipinski definition) is 0. The van der Waals surface area contributed by atoms with E-state index in [1.54, 1.807) is 7.11 Å². The van der Waals surface area contributed by atoms with Crippen LogP contribution in [0.5, 0.6) is 5.75 Å². The molecule has 3 aromatic carbocycles. The summed E-state index contributed by atoms with van der Waals surface area (Å²) >= 11 is 6.63. The fourth-order valence-electron chi connectivity index (χ4n) is 2.99. The molecule has 2 nitrogen and oxygen atoms in total. The fourth-order valence-corrected chi connectivity index (χ4v) is 3.32. The van der Waals surface area contributed by atoms with E-state index in [1.807, 2.05) is 48.5 Å². The van der Waals surface area contributed by atoms with Crippen molar-refractivity contribution in [1.82, 2.24) is 4.98 Å². The highest BCUT2D eigenvalue weighted by Crippen LogP contribution is 2.41. The average molecular weight is 320 g/mol. The van der Waals surface area contributed by atoms with Gasteiger partial charge in [0.1, 0.15) is 5.75 Å². The second-order valence-corrected chi connectivity index (χ2v) is 5.72. The first-order chi connectivity index (χ1) is 11.3. The van der Waals surface area contributed by atoms with E-state index >= 15 is 0 Å². The molecule has 23 heavy (non-hydrogen) atoms. The van der Waals surface area contributed by atoms with Crippen molar-refractivity contribution in [3.05, 3.63) is 71.8 Å². The SMILES string of the molecule is COc1ccc2nc3ccccc3c(-c3ccccc3)c2c1Cl. The molecule has 112 valence electrons. The lowest BCUT2D eigenvalue weighted by atomic mass is 9.96. The van der Waals surface area contributed by atoms with Gasteiger partial charge in [-0.3, -0.25) is 0 Å². The van der Waals surface area contributed by atoms with E-state index < -0.39 is 0 Å². The molecule has 0 aliphatic heterocycles. The first kappa shape index (κ1) is 14.0. The van der Waals surface area contributed by atoms with Gasteiger partial charge >= 0.3 is 0 Å². The predicted octanol–water partition coefficient (Wildman–Crippen LogP) is 5.72. The molecule has 4 rings (SSSR count). The van der Waals surface area contributed by atoms with Gasteiger partial charge in [-0.1, -0.05) is 60.1 Å². The lowest BCUT2D eigenvalue weighted by Gasteiger charge is -2.14. The Kier molecular flexibility index (Phi) is 3.40. The zero-order valence-electron chi connectivity index (χ0n) is 12.6. The van der Waals surface area contributed by atoms with Crippen molar-refractivity contribution in [2.75, 3.05) is 7.11 Å². The molecule has 1 heterocycles. The summed E-state index contributed by atoms with van der Waals surface area (Å²) in [5.74, 6) is 0.661. The molecule has 3 heteroatoms. The summed E-state index contributed by atoms with van der Waals surface area (Å²) in [6, 6.07) is 22.2. The average Bonchev–Trinajstić information content (AvgIpc) is 2.61. The monoisotopic (exact) mass is 319 g/mol. The van der Waals surface area contributed by atoms with Crippen molar-refractivity contribution < 1.29 is 4.74 Å². The molecule has 4 aromatic rings. The quantitative estimate of drug-likeness (QED) is 0.441. The van der Waals surface area contributed by atoms with Gasteiger partial charge in [-0.15, -0.1) is 0 Å². The molecule has 0 saturated heterocycles. The Morgan fingerprint density at radius 1 is 0.826 bits per heavy atom. The van der Waals surface area contributed by atoms with Crippen molar-refractivity contribution in [2.45, 2.75) is 0 Å². The van der Waals surface area contributed by atoms with Crippen LogP contribution in [0.3, 0.4) is 0 Å². The highest BCUT2D eigenvalue weighted by molar-refractivity contribution is 6.38. The number of benzene rings is 3. The summed E-state index contributed by atoms with van der Waals surface area (Å²) in [4.78, 5) is 4.76. The summed E-state index contributed by atoms with van der Waals surface area (Å²) in [6.07, 6.45) is 0. The third-order valence-corrected chi connectivity index (χ3v) is 4.41. The van der Waals surface area contributed by atoms with Crippen LogP contribution in [0.25, 0.3) is 32.9 Å². The van der Waals surface area contributed by atoms with Crippen molar-refractivity contribution in [2.24, 2.45) is 0 Å². The Morgan fingerprint density at radius 2 is 1.57 bits per heavy atom. The molecule has 0 atom stereocenters. The van der Waals surface area contributed by atoms with Crippen molar-refractivity contribution in [1.29, 1.82) is 0 Å². The lowest BCUT2D eigenvalue weighted by molar-refractivity contribution is 0.415. The van der Waals surface area contributed by atoms with E-state index in [4.69, 9.17) is 21.3 Å². The maximum Gasteiger partial charge on any atom is 0.138 e. The smallest absolute Gasteiger partial charge is 0.138 e. The number of rotatable bonds is 2. The van der Waals surface area contributed by atoms with E-state index in [2.05, 4.69) is 18.2 Å². The molecule has 0 amide bonds. The van der Waals surface area contributed by atoms with Crippen molar-refractivity contribution in [3.8, 4) is 16.9 Å².